The molecule has 1 aliphatic heterocycles. The van der Waals surface area contributed by atoms with Gasteiger partial charge in [-0.05, 0) is 48.9 Å². The Morgan fingerprint density at radius 1 is 1.05 bits per heavy atom. The molecule has 0 unspecified atom stereocenters. The van der Waals surface area contributed by atoms with Crippen molar-refractivity contribution in [2.45, 2.75) is 13.0 Å². The minimum Gasteiger partial charge on any atom is -0.463 e. The minimum atomic E-state index is -0.930. The molecule has 9 nitrogen and oxygen atoms in total. The number of non-ortho nitro benzene ring substituents is 1. The summed E-state index contributed by atoms with van der Waals surface area (Å²) in [7, 11) is 0. The molecule has 0 bridgehead atoms. The molecule has 0 spiro atoms. The molecule has 3 aromatic carbocycles. The summed E-state index contributed by atoms with van der Waals surface area (Å²) in [6.07, 6.45) is 1.58. The van der Waals surface area contributed by atoms with Gasteiger partial charge < -0.3 is 9.15 Å². The van der Waals surface area contributed by atoms with E-state index in [2.05, 4.69) is 0 Å². The third-order valence-electron chi connectivity index (χ3n) is 6.82. The van der Waals surface area contributed by atoms with Gasteiger partial charge in [0.25, 0.3) is 11.2 Å². The molecule has 0 aliphatic carbocycles. The zero-order chi connectivity index (χ0) is 30.1. The van der Waals surface area contributed by atoms with Gasteiger partial charge in [-0.2, -0.15) is 0 Å². The van der Waals surface area contributed by atoms with E-state index in [1.807, 2.05) is 30.3 Å². The lowest BCUT2D eigenvalue weighted by Crippen LogP contribution is -2.40. The maximum atomic E-state index is 13.9. The Hall–Kier alpha value is -5.42. The first-order valence-electron chi connectivity index (χ1n) is 13.2. The average molecular weight is 596 g/mol. The predicted molar refractivity (Wildman–Crippen MR) is 158 cm³/mol. The lowest BCUT2D eigenvalue weighted by atomic mass is 9.93. The van der Waals surface area contributed by atoms with Crippen molar-refractivity contribution in [3.8, 4) is 11.3 Å². The van der Waals surface area contributed by atoms with Crippen molar-refractivity contribution in [1.82, 2.24) is 4.57 Å². The van der Waals surface area contributed by atoms with Crippen molar-refractivity contribution < 1.29 is 23.3 Å². The number of carbonyl (C=O) groups excluding carboxylic acids is 1. The fraction of sp³-hybridized carbons (Fsp3) is 0.0938. The van der Waals surface area contributed by atoms with E-state index in [0.717, 1.165) is 11.3 Å². The van der Waals surface area contributed by atoms with Gasteiger partial charge in [-0.1, -0.05) is 53.8 Å². The summed E-state index contributed by atoms with van der Waals surface area (Å²) in [5, 5.41) is 11.0. The van der Waals surface area contributed by atoms with Gasteiger partial charge in [0.05, 0.1) is 33.4 Å². The zero-order valence-electron chi connectivity index (χ0n) is 22.6. The molecule has 0 N–H and O–H groups in total. The van der Waals surface area contributed by atoms with Gasteiger partial charge in [0.1, 0.15) is 17.3 Å². The Labute approximate surface area is 247 Å². The number of halogens is 1. The second-order valence-corrected chi connectivity index (χ2v) is 10.5. The van der Waals surface area contributed by atoms with Crippen LogP contribution in [-0.2, 0) is 9.53 Å². The Morgan fingerprint density at radius 3 is 2.44 bits per heavy atom. The third-order valence-corrected chi connectivity index (χ3v) is 7.81. The van der Waals surface area contributed by atoms with Crippen LogP contribution < -0.4 is 14.9 Å². The highest BCUT2D eigenvalue weighted by atomic mass is 32.1. The van der Waals surface area contributed by atoms with Crippen molar-refractivity contribution >= 4 is 34.8 Å². The number of furan rings is 1. The normalized spacial score (nSPS) is 14.7. The standard InChI is InChI=1S/C32H22FN3O6S/c1-2-41-31(38)27-28(20-6-4-3-5-7-20)34-32-35(29(27)21-8-12-22(33)13-9-21)30(37)26(43-32)18-24-16-17-25(42-24)19-10-14-23(15-11-19)36(39)40/h3-18,29H,2H2,1H3/b26-18-/t29-/m1/s1. The Bertz CT molecular complexity index is 2060. The molecule has 43 heavy (non-hydrogen) atoms. The van der Waals surface area contributed by atoms with Crippen LogP contribution in [0.3, 0.4) is 0 Å². The number of nitrogens with zero attached hydrogens (tertiary/aromatic N) is 3. The van der Waals surface area contributed by atoms with Crippen molar-refractivity contribution in [3.05, 3.63) is 149 Å². The molecule has 0 radical (unpaired) electrons. The van der Waals surface area contributed by atoms with Gasteiger partial charge in [-0.3, -0.25) is 19.5 Å². The SMILES string of the molecule is CCOC(=O)C1=C(c2ccccc2)N=c2s/c(=C\c3ccc(-c4ccc([N+](=O)[O-])cc4)o3)c(=O)n2[C@@H]1c1ccc(F)cc1. The topological polar surface area (TPSA) is 117 Å². The van der Waals surface area contributed by atoms with Gasteiger partial charge in [0.2, 0.25) is 0 Å². The molecular weight excluding hydrogens is 573 g/mol. The number of fused-ring (bicyclic) bond motifs is 1. The first kappa shape index (κ1) is 27.7. The first-order chi connectivity index (χ1) is 20.8. The van der Waals surface area contributed by atoms with E-state index in [4.69, 9.17) is 14.1 Å². The van der Waals surface area contributed by atoms with Crippen molar-refractivity contribution in [2.75, 3.05) is 6.61 Å². The molecular formula is C32H22FN3O6S. The van der Waals surface area contributed by atoms with Gasteiger partial charge in [0, 0.05) is 29.3 Å². The van der Waals surface area contributed by atoms with Crippen LogP contribution in [0.1, 0.15) is 29.9 Å². The molecule has 0 saturated heterocycles. The van der Waals surface area contributed by atoms with E-state index in [1.54, 1.807) is 37.3 Å². The number of rotatable bonds is 7. The number of hydrogen-bond acceptors (Lipinski definition) is 8. The number of hydrogen-bond donors (Lipinski definition) is 0. The highest BCUT2D eigenvalue weighted by molar-refractivity contribution is 7.07. The lowest BCUT2D eigenvalue weighted by Gasteiger charge is -2.25. The molecule has 214 valence electrons. The second kappa shape index (κ2) is 11.5. The maximum Gasteiger partial charge on any atom is 0.338 e. The summed E-state index contributed by atoms with van der Waals surface area (Å²) >= 11 is 1.13. The number of benzene rings is 3. The number of carbonyl (C=O) groups is 1. The van der Waals surface area contributed by atoms with Crippen LogP contribution in [0, 0.1) is 15.9 Å². The molecule has 0 amide bonds. The Morgan fingerprint density at radius 2 is 1.77 bits per heavy atom. The number of esters is 1. The van der Waals surface area contributed by atoms with Crippen LogP contribution in [0.2, 0.25) is 0 Å². The van der Waals surface area contributed by atoms with E-state index in [9.17, 15) is 24.1 Å². The van der Waals surface area contributed by atoms with Gasteiger partial charge in [-0.15, -0.1) is 0 Å². The first-order valence-corrected chi connectivity index (χ1v) is 14.0. The predicted octanol–water partition coefficient (Wildman–Crippen LogP) is 5.24. The quantitative estimate of drug-likeness (QED) is 0.144. The van der Waals surface area contributed by atoms with Crippen molar-refractivity contribution in [2.24, 2.45) is 4.99 Å². The number of nitro groups is 1. The van der Waals surface area contributed by atoms with Crippen molar-refractivity contribution in [3.63, 3.8) is 0 Å². The Balaban J connectivity index is 1.52. The monoisotopic (exact) mass is 595 g/mol. The summed E-state index contributed by atoms with van der Waals surface area (Å²) in [4.78, 5) is 43.0. The number of aromatic nitrogens is 1. The van der Waals surface area contributed by atoms with Gasteiger partial charge in [0.15, 0.2) is 4.80 Å². The molecule has 1 aliphatic rings. The van der Waals surface area contributed by atoms with E-state index in [1.165, 1.54) is 41.0 Å². The molecule has 2 aromatic heterocycles. The summed E-state index contributed by atoms with van der Waals surface area (Å²) in [5.74, 6) is -0.242. The fourth-order valence-electron chi connectivity index (χ4n) is 4.86. The molecule has 1 atom stereocenters. The van der Waals surface area contributed by atoms with Crippen molar-refractivity contribution in [1.29, 1.82) is 0 Å². The maximum absolute atomic E-state index is 13.9. The van der Waals surface area contributed by atoms with E-state index < -0.39 is 28.3 Å². The lowest BCUT2D eigenvalue weighted by molar-refractivity contribution is -0.384. The van der Waals surface area contributed by atoms with Gasteiger partial charge >= 0.3 is 5.97 Å². The minimum absolute atomic E-state index is 0.0376. The highest BCUT2D eigenvalue weighted by Crippen LogP contribution is 2.35. The zero-order valence-corrected chi connectivity index (χ0v) is 23.4. The molecule has 3 heterocycles. The molecule has 6 rings (SSSR count). The van der Waals surface area contributed by atoms with Crippen LogP contribution >= 0.6 is 11.3 Å². The van der Waals surface area contributed by atoms with Crippen LogP contribution in [0.15, 0.2) is 111 Å². The highest BCUT2D eigenvalue weighted by Gasteiger charge is 2.35. The number of thiazole rings is 1. The third kappa shape index (κ3) is 5.33. The van der Waals surface area contributed by atoms with E-state index in [0.29, 0.717) is 43.2 Å². The molecule has 11 heteroatoms. The summed E-state index contributed by atoms with van der Waals surface area (Å²) in [5.41, 5.74) is 1.88. The molecule has 5 aromatic rings. The Kier molecular flexibility index (Phi) is 7.39. The smallest absolute Gasteiger partial charge is 0.338 e. The van der Waals surface area contributed by atoms with Gasteiger partial charge in [-0.25, -0.2) is 14.2 Å². The molecule has 0 fully saturated rings. The molecule has 0 saturated carbocycles. The summed E-state index contributed by atoms with van der Waals surface area (Å²) in [6.45, 7) is 1.80. The fourth-order valence-corrected chi connectivity index (χ4v) is 5.84. The average Bonchev–Trinajstić information content (AvgIpc) is 3.61. The van der Waals surface area contributed by atoms with Crippen LogP contribution in [0.5, 0.6) is 0 Å². The number of ether oxygens (including phenoxy) is 1. The van der Waals surface area contributed by atoms with Crippen LogP contribution in [-0.4, -0.2) is 22.1 Å². The van der Waals surface area contributed by atoms with Crippen LogP contribution in [0.4, 0.5) is 10.1 Å². The largest absolute Gasteiger partial charge is 0.463 e. The summed E-state index contributed by atoms with van der Waals surface area (Å²) in [6, 6.07) is 23.1. The second-order valence-electron chi connectivity index (χ2n) is 9.49. The van der Waals surface area contributed by atoms with E-state index >= 15 is 0 Å². The van der Waals surface area contributed by atoms with E-state index in [-0.39, 0.29) is 17.9 Å². The van der Waals surface area contributed by atoms with Crippen LogP contribution in [0.25, 0.3) is 23.1 Å². The number of nitro benzene ring substituents is 1. The summed E-state index contributed by atoms with van der Waals surface area (Å²) < 4.78 is 27.0.